The smallest absolute Gasteiger partial charge is 0.370 e. The molecular formula is C22H22Cl2F6N2. The van der Waals surface area contributed by atoms with Gasteiger partial charge in [0.25, 0.3) is 0 Å². The van der Waals surface area contributed by atoms with Gasteiger partial charge < -0.3 is 10.2 Å². The molecule has 0 saturated carbocycles. The maximum absolute atomic E-state index is 14.3. The first kappa shape index (κ1) is 25.0. The largest absolute Gasteiger partial charge is 0.416 e. The first-order valence-corrected chi connectivity index (χ1v) is 10.8. The minimum absolute atomic E-state index is 0.0243. The lowest BCUT2D eigenvalue weighted by Gasteiger charge is -2.33. The summed E-state index contributed by atoms with van der Waals surface area (Å²) in [5.74, 6) is 0. The van der Waals surface area contributed by atoms with Crippen LogP contribution in [0.15, 0.2) is 36.4 Å². The van der Waals surface area contributed by atoms with Gasteiger partial charge in [-0.1, -0.05) is 36.2 Å². The van der Waals surface area contributed by atoms with E-state index in [0.29, 0.717) is 6.54 Å². The summed E-state index contributed by atoms with van der Waals surface area (Å²) < 4.78 is 83.8. The lowest BCUT2D eigenvalue weighted by atomic mass is 9.79. The number of rotatable bonds is 6. The fourth-order valence-corrected chi connectivity index (χ4v) is 4.60. The second-order valence-electron chi connectivity index (χ2n) is 7.93. The van der Waals surface area contributed by atoms with E-state index in [9.17, 15) is 26.3 Å². The molecular weight excluding hydrogens is 477 g/mol. The Hall–Kier alpha value is -1.64. The summed E-state index contributed by atoms with van der Waals surface area (Å²) in [6, 6.07) is 7.47. The Bertz CT molecular complexity index is 940. The molecule has 1 saturated heterocycles. The van der Waals surface area contributed by atoms with Crippen molar-refractivity contribution in [3.8, 4) is 0 Å². The average molecular weight is 499 g/mol. The SMILES string of the molecule is CCCNCc1ccc(N2CCC(c3cc(Cl)cc(Cl)c3)(C(F)(F)F)C2)cc1C(F)(F)F. The Labute approximate surface area is 192 Å². The van der Waals surface area contributed by atoms with Crippen LogP contribution in [0.1, 0.15) is 36.5 Å². The van der Waals surface area contributed by atoms with Crippen LogP contribution >= 0.6 is 23.2 Å². The van der Waals surface area contributed by atoms with E-state index < -0.39 is 29.9 Å². The number of hydrogen-bond donors (Lipinski definition) is 1. The van der Waals surface area contributed by atoms with Gasteiger partial charge in [0.2, 0.25) is 0 Å². The molecule has 0 radical (unpaired) electrons. The summed E-state index contributed by atoms with van der Waals surface area (Å²) >= 11 is 11.9. The Morgan fingerprint density at radius 1 is 1.00 bits per heavy atom. The van der Waals surface area contributed by atoms with Crippen molar-refractivity contribution in [3.05, 3.63) is 63.1 Å². The molecule has 2 nitrogen and oxygen atoms in total. The van der Waals surface area contributed by atoms with E-state index in [0.717, 1.165) is 12.5 Å². The van der Waals surface area contributed by atoms with Gasteiger partial charge in [0.15, 0.2) is 0 Å². The highest BCUT2D eigenvalue weighted by Gasteiger charge is 2.59. The van der Waals surface area contributed by atoms with Crippen LogP contribution < -0.4 is 10.2 Å². The van der Waals surface area contributed by atoms with Crippen molar-refractivity contribution in [3.63, 3.8) is 0 Å². The van der Waals surface area contributed by atoms with Crippen LogP contribution in [-0.2, 0) is 18.1 Å². The standard InChI is InChI=1S/C22H22Cl2F6N2/c1-2-6-31-12-14-3-4-18(11-19(14)21(25,26)27)32-7-5-20(13-32,22(28,29)30)15-8-16(23)10-17(24)9-15/h3-4,8-11,31H,2,5-7,12-13H2,1H3. The van der Waals surface area contributed by atoms with Crippen molar-refractivity contribution in [2.75, 3.05) is 24.5 Å². The van der Waals surface area contributed by atoms with Crippen LogP contribution in [0.4, 0.5) is 32.0 Å². The molecule has 0 aliphatic carbocycles. The summed E-state index contributed by atoms with van der Waals surface area (Å²) in [7, 11) is 0. The highest BCUT2D eigenvalue weighted by Crippen LogP contribution is 2.50. The summed E-state index contributed by atoms with van der Waals surface area (Å²) in [4.78, 5) is 1.33. The molecule has 10 heteroatoms. The molecule has 0 spiro atoms. The minimum Gasteiger partial charge on any atom is -0.370 e. The molecule has 1 aliphatic heterocycles. The van der Waals surface area contributed by atoms with Gasteiger partial charge in [-0.25, -0.2) is 0 Å². The summed E-state index contributed by atoms with van der Waals surface area (Å²) in [6.07, 6.45) is -8.83. The van der Waals surface area contributed by atoms with Gasteiger partial charge in [0, 0.05) is 35.4 Å². The van der Waals surface area contributed by atoms with Crippen LogP contribution in [0, 0.1) is 0 Å². The van der Waals surface area contributed by atoms with Crippen LogP contribution in [0.25, 0.3) is 0 Å². The fourth-order valence-electron chi connectivity index (χ4n) is 4.07. The second kappa shape index (κ2) is 9.31. The highest BCUT2D eigenvalue weighted by molar-refractivity contribution is 6.34. The molecule has 2 aromatic carbocycles. The molecule has 0 bridgehead atoms. The lowest BCUT2D eigenvalue weighted by Crippen LogP contribution is -2.45. The molecule has 1 atom stereocenters. The fraction of sp³-hybridized carbons (Fsp3) is 0.455. The van der Waals surface area contributed by atoms with Crippen LogP contribution in [0.5, 0.6) is 0 Å². The number of nitrogens with one attached hydrogen (secondary N) is 1. The molecule has 1 heterocycles. The van der Waals surface area contributed by atoms with E-state index in [4.69, 9.17) is 23.2 Å². The quantitative estimate of drug-likeness (QED) is 0.334. The summed E-state index contributed by atoms with van der Waals surface area (Å²) in [5.41, 5.74) is -3.09. The van der Waals surface area contributed by atoms with Crippen molar-refractivity contribution in [1.82, 2.24) is 5.32 Å². The van der Waals surface area contributed by atoms with E-state index in [1.807, 2.05) is 6.92 Å². The average Bonchev–Trinajstić information content (AvgIpc) is 3.14. The monoisotopic (exact) mass is 498 g/mol. The van der Waals surface area contributed by atoms with Crippen LogP contribution in [0.3, 0.4) is 0 Å². The van der Waals surface area contributed by atoms with Gasteiger partial charge in [-0.05, 0) is 60.8 Å². The van der Waals surface area contributed by atoms with Crippen LogP contribution in [-0.4, -0.2) is 25.8 Å². The van der Waals surface area contributed by atoms with Crippen LogP contribution in [0.2, 0.25) is 10.0 Å². The Morgan fingerprint density at radius 2 is 1.66 bits per heavy atom. The predicted molar refractivity (Wildman–Crippen MR) is 114 cm³/mol. The van der Waals surface area contributed by atoms with E-state index >= 15 is 0 Å². The molecule has 3 rings (SSSR count). The second-order valence-corrected chi connectivity index (χ2v) is 8.80. The van der Waals surface area contributed by atoms with Crippen molar-refractivity contribution in [2.45, 2.75) is 44.1 Å². The van der Waals surface area contributed by atoms with Crippen molar-refractivity contribution in [1.29, 1.82) is 0 Å². The number of benzene rings is 2. The zero-order valence-corrected chi connectivity index (χ0v) is 18.7. The van der Waals surface area contributed by atoms with Crippen molar-refractivity contribution >= 4 is 28.9 Å². The van der Waals surface area contributed by atoms with E-state index in [2.05, 4.69) is 5.32 Å². The third kappa shape index (κ3) is 5.13. The number of alkyl halides is 6. The minimum atomic E-state index is -4.65. The third-order valence-electron chi connectivity index (χ3n) is 5.73. The highest BCUT2D eigenvalue weighted by atomic mass is 35.5. The molecule has 1 fully saturated rings. The van der Waals surface area contributed by atoms with Crippen molar-refractivity contribution < 1.29 is 26.3 Å². The molecule has 1 unspecified atom stereocenters. The number of nitrogens with zero attached hydrogens (tertiary/aromatic N) is 1. The summed E-state index contributed by atoms with van der Waals surface area (Å²) in [6.45, 7) is 1.89. The van der Waals surface area contributed by atoms with Gasteiger partial charge in [-0.3, -0.25) is 0 Å². The van der Waals surface area contributed by atoms with Crippen molar-refractivity contribution in [2.24, 2.45) is 0 Å². The number of halogens is 8. The van der Waals surface area contributed by atoms with Gasteiger partial charge >= 0.3 is 12.4 Å². The Kier molecular flexibility index (Phi) is 7.27. The maximum Gasteiger partial charge on any atom is 0.416 e. The van der Waals surface area contributed by atoms with Gasteiger partial charge in [-0.2, -0.15) is 26.3 Å². The zero-order chi connectivity index (χ0) is 23.7. The van der Waals surface area contributed by atoms with Gasteiger partial charge in [0.05, 0.1) is 5.56 Å². The van der Waals surface area contributed by atoms with E-state index in [1.165, 1.54) is 35.2 Å². The zero-order valence-electron chi connectivity index (χ0n) is 17.2. The first-order valence-electron chi connectivity index (χ1n) is 10.1. The maximum atomic E-state index is 14.3. The van der Waals surface area contributed by atoms with E-state index in [-0.39, 0.29) is 46.4 Å². The number of anilines is 1. The van der Waals surface area contributed by atoms with Gasteiger partial charge in [-0.15, -0.1) is 0 Å². The lowest BCUT2D eigenvalue weighted by molar-refractivity contribution is -0.184. The van der Waals surface area contributed by atoms with Gasteiger partial charge in [0.1, 0.15) is 5.41 Å². The molecule has 1 aliphatic rings. The molecule has 2 aromatic rings. The number of hydrogen-bond acceptors (Lipinski definition) is 2. The molecule has 0 aromatic heterocycles. The summed E-state index contributed by atoms with van der Waals surface area (Å²) in [5, 5.41) is 3.07. The molecule has 1 N–H and O–H groups in total. The molecule has 32 heavy (non-hydrogen) atoms. The molecule has 0 amide bonds. The third-order valence-corrected chi connectivity index (χ3v) is 6.17. The first-order chi connectivity index (χ1) is 14.9. The normalized spacial score (nSPS) is 19.6. The topological polar surface area (TPSA) is 15.3 Å². The molecule has 176 valence electrons. The Balaban J connectivity index is 1.97. The van der Waals surface area contributed by atoms with E-state index in [1.54, 1.807) is 0 Å². The Morgan fingerprint density at radius 3 is 2.22 bits per heavy atom. The predicted octanol–water partition coefficient (Wildman–Crippen LogP) is 7.22.